The zero-order valence-electron chi connectivity index (χ0n) is 16.9. The van der Waals surface area contributed by atoms with Crippen LogP contribution in [0, 0.1) is 13.8 Å². The number of aryl methyl sites for hydroxylation is 2. The van der Waals surface area contributed by atoms with Crippen molar-refractivity contribution in [3.63, 3.8) is 0 Å². The SMILES string of the molecule is Cc1ccc(-n2cnnc2SCC(=O)N(C)CC(=O)Nc2ccccc2Cl)c(C)c1. The predicted octanol–water partition coefficient (Wildman–Crippen LogP) is 3.73. The van der Waals surface area contributed by atoms with Gasteiger partial charge in [-0.05, 0) is 37.6 Å². The molecule has 0 spiro atoms. The molecule has 0 aliphatic heterocycles. The van der Waals surface area contributed by atoms with Crippen molar-refractivity contribution in [2.24, 2.45) is 0 Å². The van der Waals surface area contributed by atoms with E-state index in [1.165, 1.54) is 22.2 Å². The molecule has 1 aromatic heterocycles. The number of thioether (sulfide) groups is 1. The van der Waals surface area contributed by atoms with Crippen LogP contribution in [0.3, 0.4) is 0 Å². The van der Waals surface area contributed by atoms with E-state index in [-0.39, 0.29) is 24.1 Å². The average Bonchev–Trinajstić information content (AvgIpc) is 3.16. The number of para-hydroxylation sites is 1. The summed E-state index contributed by atoms with van der Waals surface area (Å²) in [4.78, 5) is 26.1. The van der Waals surface area contributed by atoms with Crippen molar-refractivity contribution in [3.05, 3.63) is 64.9 Å². The number of hydrogen-bond acceptors (Lipinski definition) is 5. The largest absolute Gasteiger partial charge is 0.336 e. The molecular formula is C21H22ClN5O2S. The number of benzene rings is 2. The molecule has 0 saturated carbocycles. The summed E-state index contributed by atoms with van der Waals surface area (Å²) < 4.78 is 1.86. The summed E-state index contributed by atoms with van der Waals surface area (Å²) in [5, 5.41) is 11.9. The van der Waals surface area contributed by atoms with Crippen LogP contribution >= 0.6 is 23.4 Å². The average molecular weight is 444 g/mol. The Morgan fingerprint density at radius 1 is 1.20 bits per heavy atom. The first-order chi connectivity index (χ1) is 14.3. The number of hydrogen-bond donors (Lipinski definition) is 1. The van der Waals surface area contributed by atoms with Gasteiger partial charge in [0.05, 0.1) is 28.7 Å². The molecule has 1 N–H and O–H groups in total. The summed E-state index contributed by atoms with van der Waals surface area (Å²) in [7, 11) is 1.59. The maximum Gasteiger partial charge on any atom is 0.244 e. The molecular weight excluding hydrogens is 422 g/mol. The number of nitrogens with one attached hydrogen (secondary N) is 1. The summed E-state index contributed by atoms with van der Waals surface area (Å²) >= 11 is 7.32. The van der Waals surface area contributed by atoms with Crippen molar-refractivity contribution in [1.29, 1.82) is 0 Å². The molecule has 2 amide bonds. The van der Waals surface area contributed by atoms with Crippen LogP contribution in [-0.2, 0) is 9.59 Å². The Bertz CT molecular complexity index is 1070. The number of carbonyl (C=O) groups excluding carboxylic acids is 2. The molecule has 0 aliphatic carbocycles. The van der Waals surface area contributed by atoms with Gasteiger partial charge < -0.3 is 10.2 Å². The first-order valence-corrected chi connectivity index (χ1v) is 10.6. The third-order valence-electron chi connectivity index (χ3n) is 4.41. The standard InChI is InChI=1S/C21H22ClN5O2S/c1-14-8-9-18(15(2)10-14)27-13-23-25-21(27)30-12-20(29)26(3)11-19(28)24-17-7-5-4-6-16(17)22/h4-10,13H,11-12H2,1-3H3,(H,24,28). The van der Waals surface area contributed by atoms with Crippen molar-refractivity contribution >= 4 is 40.9 Å². The highest BCUT2D eigenvalue weighted by Gasteiger charge is 2.17. The Morgan fingerprint density at radius 3 is 2.70 bits per heavy atom. The second kappa shape index (κ2) is 9.77. The molecule has 0 bridgehead atoms. The Labute approximate surface area is 184 Å². The lowest BCUT2D eigenvalue weighted by molar-refractivity contribution is -0.131. The van der Waals surface area contributed by atoms with Gasteiger partial charge in [0.25, 0.3) is 0 Å². The Morgan fingerprint density at radius 2 is 1.97 bits per heavy atom. The maximum atomic E-state index is 12.5. The van der Waals surface area contributed by atoms with E-state index in [4.69, 9.17) is 11.6 Å². The third-order valence-corrected chi connectivity index (χ3v) is 5.66. The first kappa shape index (κ1) is 21.9. The molecule has 0 saturated heterocycles. The maximum absolute atomic E-state index is 12.5. The van der Waals surface area contributed by atoms with Crippen LogP contribution in [0.2, 0.25) is 5.02 Å². The molecule has 0 radical (unpaired) electrons. The van der Waals surface area contributed by atoms with Gasteiger partial charge in [-0.2, -0.15) is 0 Å². The number of likely N-dealkylation sites (N-methyl/N-ethyl adjacent to an activating group) is 1. The highest BCUT2D eigenvalue weighted by Crippen LogP contribution is 2.23. The second-order valence-corrected chi connectivity index (χ2v) is 8.19. The van der Waals surface area contributed by atoms with Crippen LogP contribution in [0.25, 0.3) is 5.69 Å². The van der Waals surface area contributed by atoms with Gasteiger partial charge in [-0.25, -0.2) is 0 Å². The van der Waals surface area contributed by atoms with Crippen molar-refractivity contribution in [2.45, 2.75) is 19.0 Å². The molecule has 0 unspecified atom stereocenters. The molecule has 3 aromatic rings. The lowest BCUT2D eigenvalue weighted by atomic mass is 10.1. The van der Waals surface area contributed by atoms with E-state index in [0.717, 1.165) is 11.3 Å². The summed E-state index contributed by atoms with van der Waals surface area (Å²) in [5.74, 6) is -0.369. The van der Waals surface area contributed by atoms with Gasteiger partial charge in [-0.3, -0.25) is 14.2 Å². The van der Waals surface area contributed by atoms with Gasteiger partial charge in [-0.1, -0.05) is 53.2 Å². The number of halogens is 1. The van der Waals surface area contributed by atoms with Crippen molar-refractivity contribution < 1.29 is 9.59 Å². The highest BCUT2D eigenvalue weighted by atomic mass is 35.5. The lowest BCUT2D eigenvalue weighted by Crippen LogP contribution is -2.36. The fourth-order valence-corrected chi connectivity index (χ4v) is 3.90. The van der Waals surface area contributed by atoms with Crippen molar-refractivity contribution in [2.75, 3.05) is 24.7 Å². The van der Waals surface area contributed by atoms with E-state index >= 15 is 0 Å². The van der Waals surface area contributed by atoms with E-state index in [1.54, 1.807) is 37.6 Å². The summed E-state index contributed by atoms with van der Waals surface area (Å²) in [6.45, 7) is 3.98. The van der Waals surface area contributed by atoms with Crippen LogP contribution in [0.5, 0.6) is 0 Å². The highest BCUT2D eigenvalue weighted by molar-refractivity contribution is 7.99. The van der Waals surface area contributed by atoms with E-state index in [1.807, 2.05) is 30.5 Å². The lowest BCUT2D eigenvalue weighted by Gasteiger charge is -2.17. The summed E-state index contributed by atoms with van der Waals surface area (Å²) in [6, 6.07) is 13.1. The van der Waals surface area contributed by atoms with Crippen molar-refractivity contribution in [3.8, 4) is 5.69 Å². The molecule has 0 atom stereocenters. The molecule has 156 valence electrons. The third kappa shape index (κ3) is 5.40. The molecule has 3 rings (SSSR count). The molecule has 0 fully saturated rings. The van der Waals surface area contributed by atoms with Gasteiger partial charge >= 0.3 is 0 Å². The van der Waals surface area contributed by atoms with Crippen LogP contribution in [0.1, 0.15) is 11.1 Å². The molecule has 0 aliphatic rings. The number of rotatable bonds is 7. The van der Waals surface area contributed by atoms with Gasteiger partial charge in [0.1, 0.15) is 6.33 Å². The normalized spacial score (nSPS) is 10.7. The first-order valence-electron chi connectivity index (χ1n) is 9.24. The number of amides is 2. The monoisotopic (exact) mass is 443 g/mol. The van der Waals surface area contributed by atoms with Crippen LogP contribution in [0.4, 0.5) is 5.69 Å². The van der Waals surface area contributed by atoms with Crippen LogP contribution < -0.4 is 5.32 Å². The zero-order chi connectivity index (χ0) is 21.7. The second-order valence-electron chi connectivity index (χ2n) is 6.84. The zero-order valence-corrected chi connectivity index (χ0v) is 18.5. The number of nitrogens with zero attached hydrogens (tertiary/aromatic N) is 4. The molecule has 7 nitrogen and oxygen atoms in total. The fraction of sp³-hybridized carbons (Fsp3) is 0.238. The number of carbonyl (C=O) groups is 2. The molecule has 9 heteroatoms. The van der Waals surface area contributed by atoms with Gasteiger partial charge in [0.2, 0.25) is 11.8 Å². The topological polar surface area (TPSA) is 80.1 Å². The van der Waals surface area contributed by atoms with Gasteiger partial charge in [0.15, 0.2) is 5.16 Å². The van der Waals surface area contributed by atoms with Crippen LogP contribution in [-0.4, -0.2) is 50.8 Å². The summed E-state index contributed by atoms with van der Waals surface area (Å²) in [6.07, 6.45) is 1.63. The van der Waals surface area contributed by atoms with E-state index in [2.05, 4.69) is 21.6 Å². The van der Waals surface area contributed by atoms with Gasteiger partial charge in [0, 0.05) is 7.05 Å². The minimum Gasteiger partial charge on any atom is -0.336 e. The Hall–Kier alpha value is -2.84. The number of anilines is 1. The smallest absolute Gasteiger partial charge is 0.244 e. The predicted molar refractivity (Wildman–Crippen MR) is 119 cm³/mol. The molecule has 2 aromatic carbocycles. The van der Waals surface area contributed by atoms with E-state index in [0.29, 0.717) is 15.9 Å². The summed E-state index contributed by atoms with van der Waals surface area (Å²) in [5.41, 5.74) is 3.75. The van der Waals surface area contributed by atoms with E-state index < -0.39 is 0 Å². The minimum atomic E-state index is -0.317. The number of aromatic nitrogens is 3. The van der Waals surface area contributed by atoms with E-state index in [9.17, 15) is 9.59 Å². The van der Waals surface area contributed by atoms with Crippen molar-refractivity contribution in [1.82, 2.24) is 19.7 Å². The minimum absolute atomic E-state index is 0.0750. The molecule has 1 heterocycles. The van der Waals surface area contributed by atoms with Crippen LogP contribution in [0.15, 0.2) is 53.9 Å². The fourth-order valence-electron chi connectivity index (χ4n) is 2.86. The van der Waals surface area contributed by atoms with Gasteiger partial charge in [-0.15, -0.1) is 10.2 Å². The molecule has 30 heavy (non-hydrogen) atoms. The Balaban J connectivity index is 1.57. The quantitative estimate of drug-likeness (QED) is 0.563. The Kier molecular flexibility index (Phi) is 7.12.